The van der Waals surface area contributed by atoms with E-state index >= 15 is 0 Å². The third-order valence-electron chi connectivity index (χ3n) is 3.95. The molecule has 0 aliphatic rings. The number of allylic oxidation sites excluding steroid dienone is 2. The third kappa shape index (κ3) is 6.88. The highest BCUT2D eigenvalue weighted by atomic mass is 35.5. The Morgan fingerprint density at radius 1 is 0.900 bits per heavy atom. The smallest absolute Gasteiger partial charge is 0.180 e. The van der Waals surface area contributed by atoms with E-state index in [0.717, 1.165) is 16.8 Å². The largest absolute Gasteiger partial charge is 0.307 e. The number of anilines is 1. The monoisotopic (exact) mass is 458 g/mol. The molecule has 0 spiro atoms. The Hall–Kier alpha value is -2.86. The first-order valence-electron chi connectivity index (χ1n) is 8.92. The molecule has 5 nitrogen and oxygen atoms in total. The summed E-state index contributed by atoms with van der Waals surface area (Å²) in [6, 6.07) is 16.2. The SMILES string of the molecule is O=C(/C=C/NNc1ccc(Cc2ccc(Cl)cc2Cl)nn1)/C=C/c1ccc(Cl)cc1. The van der Waals surface area contributed by atoms with Crippen LogP contribution in [0.1, 0.15) is 16.8 Å². The van der Waals surface area contributed by atoms with E-state index in [1.54, 1.807) is 36.4 Å². The lowest BCUT2D eigenvalue weighted by Gasteiger charge is -2.06. The molecule has 0 amide bonds. The average molecular weight is 460 g/mol. The molecular weight excluding hydrogens is 443 g/mol. The third-order valence-corrected chi connectivity index (χ3v) is 4.79. The number of rotatable bonds is 8. The summed E-state index contributed by atoms with van der Waals surface area (Å²) in [5, 5.41) is 10.1. The van der Waals surface area contributed by atoms with Gasteiger partial charge in [-0.25, -0.2) is 0 Å². The molecule has 0 unspecified atom stereocenters. The van der Waals surface area contributed by atoms with E-state index in [1.165, 1.54) is 18.4 Å². The van der Waals surface area contributed by atoms with Gasteiger partial charge in [-0.3, -0.25) is 10.2 Å². The zero-order valence-electron chi connectivity index (χ0n) is 15.6. The van der Waals surface area contributed by atoms with Crippen LogP contribution in [0.4, 0.5) is 5.82 Å². The van der Waals surface area contributed by atoms with Crippen molar-refractivity contribution in [3.8, 4) is 0 Å². The van der Waals surface area contributed by atoms with Gasteiger partial charge in [0.05, 0.1) is 5.69 Å². The molecule has 2 N–H and O–H groups in total. The van der Waals surface area contributed by atoms with Crippen molar-refractivity contribution in [1.29, 1.82) is 0 Å². The molecule has 3 rings (SSSR count). The van der Waals surface area contributed by atoms with Gasteiger partial charge in [-0.05, 0) is 53.6 Å². The zero-order valence-corrected chi connectivity index (χ0v) is 17.9. The second kappa shape index (κ2) is 10.8. The number of halogens is 3. The van der Waals surface area contributed by atoms with Crippen LogP contribution in [0.25, 0.3) is 6.08 Å². The van der Waals surface area contributed by atoms with Gasteiger partial charge >= 0.3 is 0 Å². The Morgan fingerprint density at radius 3 is 2.37 bits per heavy atom. The highest BCUT2D eigenvalue weighted by molar-refractivity contribution is 6.35. The first-order chi connectivity index (χ1) is 14.5. The number of hydrogen-bond donors (Lipinski definition) is 2. The van der Waals surface area contributed by atoms with Crippen molar-refractivity contribution in [2.75, 3.05) is 5.43 Å². The normalized spacial score (nSPS) is 11.2. The van der Waals surface area contributed by atoms with Crippen molar-refractivity contribution in [3.05, 3.63) is 105 Å². The van der Waals surface area contributed by atoms with E-state index in [9.17, 15) is 4.79 Å². The number of hydrazine groups is 1. The van der Waals surface area contributed by atoms with E-state index in [1.807, 2.05) is 24.3 Å². The van der Waals surface area contributed by atoms with Crippen LogP contribution < -0.4 is 10.9 Å². The summed E-state index contributed by atoms with van der Waals surface area (Å²) in [6.45, 7) is 0. The summed E-state index contributed by atoms with van der Waals surface area (Å²) in [7, 11) is 0. The highest BCUT2D eigenvalue weighted by Gasteiger charge is 2.04. The molecule has 0 saturated heterocycles. The van der Waals surface area contributed by atoms with Crippen molar-refractivity contribution >= 4 is 52.5 Å². The van der Waals surface area contributed by atoms with Crippen LogP contribution in [0.5, 0.6) is 0 Å². The van der Waals surface area contributed by atoms with E-state index in [-0.39, 0.29) is 5.78 Å². The van der Waals surface area contributed by atoms with Crippen molar-refractivity contribution in [1.82, 2.24) is 15.6 Å². The summed E-state index contributed by atoms with van der Waals surface area (Å²) in [5.41, 5.74) is 8.20. The molecular formula is C22H17Cl3N4O. The van der Waals surface area contributed by atoms with Gasteiger partial charge in [-0.2, -0.15) is 5.10 Å². The van der Waals surface area contributed by atoms with Gasteiger partial charge in [-0.1, -0.05) is 59.1 Å². The Labute approximate surface area is 189 Å². The standard InChI is InChI=1S/C22H17Cl3N4O/c23-17-5-1-15(2-6-17)3-9-20(30)11-12-26-28-22-10-8-19(27-29-22)13-16-4-7-18(24)14-21(16)25/h1-12,14,26H,13H2,(H,28,29)/b9-3+,12-11+. The van der Waals surface area contributed by atoms with Crippen LogP contribution in [0, 0.1) is 0 Å². The number of aromatic nitrogens is 2. The van der Waals surface area contributed by atoms with Gasteiger partial charge in [0.25, 0.3) is 0 Å². The molecule has 0 aliphatic carbocycles. The molecule has 0 bridgehead atoms. The topological polar surface area (TPSA) is 66.9 Å². The number of nitrogens with one attached hydrogen (secondary N) is 2. The summed E-state index contributed by atoms with van der Waals surface area (Å²) in [6.07, 6.45) is 6.61. The van der Waals surface area contributed by atoms with Crippen LogP contribution in [0.2, 0.25) is 15.1 Å². The Balaban J connectivity index is 1.46. The fraction of sp³-hybridized carbons (Fsp3) is 0.0455. The number of nitrogens with zero attached hydrogens (tertiary/aromatic N) is 2. The molecule has 8 heteroatoms. The quantitative estimate of drug-likeness (QED) is 0.332. The van der Waals surface area contributed by atoms with Gasteiger partial charge < -0.3 is 5.43 Å². The minimum Gasteiger partial charge on any atom is -0.307 e. The van der Waals surface area contributed by atoms with Crippen LogP contribution >= 0.6 is 34.8 Å². The van der Waals surface area contributed by atoms with E-state index < -0.39 is 0 Å². The Bertz CT molecular complexity index is 1060. The number of carbonyl (C=O) groups is 1. The van der Waals surface area contributed by atoms with E-state index in [4.69, 9.17) is 34.8 Å². The van der Waals surface area contributed by atoms with E-state index in [0.29, 0.717) is 27.3 Å². The Morgan fingerprint density at radius 2 is 1.67 bits per heavy atom. The highest BCUT2D eigenvalue weighted by Crippen LogP contribution is 2.22. The number of carbonyl (C=O) groups excluding carboxylic acids is 1. The lowest BCUT2D eigenvalue weighted by atomic mass is 10.1. The van der Waals surface area contributed by atoms with Crippen LogP contribution in [-0.4, -0.2) is 16.0 Å². The van der Waals surface area contributed by atoms with Crippen LogP contribution in [0.15, 0.2) is 72.9 Å². The fourth-order valence-electron chi connectivity index (χ4n) is 2.43. The van der Waals surface area contributed by atoms with Crippen LogP contribution in [0.3, 0.4) is 0 Å². The van der Waals surface area contributed by atoms with Gasteiger partial charge in [-0.15, -0.1) is 5.10 Å². The maximum atomic E-state index is 11.8. The summed E-state index contributed by atoms with van der Waals surface area (Å²) < 4.78 is 0. The van der Waals surface area contributed by atoms with Gasteiger partial charge in [0, 0.05) is 33.8 Å². The lowest BCUT2D eigenvalue weighted by molar-refractivity contribution is -0.110. The molecule has 3 aromatic rings. The summed E-state index contributed by atoms with van der Waals surface area (Å²) in [4.78, 5) is 11.8. The fourth-order valence-corrected chi connectivity index (χ4v) is 3.03. The lowest BCUT2D eigenvalue weighted by Crippen LogP contribution is -2.16. The summed E-state index contributed by atoms with van der Waals surface area (Å²) in [5.74, 6) is 0.343. The molecule has 1 heterocycles. The molecule has 30 heavy (non-hydrogen) atoms. The maximum absolute atomic E-state index is 11.8. The first kappa shape index (κ1) is 21.8. The van der Waals surface area contributed by atoms with Gasteiger partial charge in [0.15, 0.2) is 11.6 Å². The molecule has 1 aromatic heterocycles. The van der Waals surface area contributed by atoms with Crippen molar-refractivity contribution < 1.29 is 4.79 Å². The molecule has 0 atom stereocenters. The second-order valence-electron chi connectivity index (χ2n) is 6.21. The van der Waals surface area contributed by atoms with Crippen molar-refractivity contribution in [2.24, 2.45) is 0 Å². The molecule has 0 fully saturated rings. The minimum atomic E-state index is -0.166. The zero-order chi connectivity index (χ0) is 21.3. The van der Waals surface area contributed by atoms with E-state index in [2.05, 4.69) is 21.0 Å². The molecule has 2 aromatic carbocycles. The maximum Gasteiger partial charge on any atom is 0.180 e. The molecule has 0 aliphatic heterocycles. The second-order valence-corrected chi connectivity index (χ2v) is 7.49. The minimum absolute atomic E-state index is 0.166. The first-order valence-corrected chi connectivity index (χ1v) is 10.1. The molecule has 152 valence electrons. The van der Waals surface area contributed by atoms with Gasteiger partial charge in [0.2, 0.25) is 0 Å². The summed E-state index contributed by atoms with van der Waals surface area (Å²) >= 11 is 17.9. The molecule has 0 saturated carbocycles. The Kier molecular flexibility index (Phi) is 7.85. The van der Waals surface area contributed by atoms with Gasteiger partial charge in [0.1, 0.15) is 0 Å². The van der Waals surface area contributed by atoms with Crippen molar-refractivity contribution in [3.63, 3.8) is 0 Å². The predicted octanol–water partition coefficient (Wildman–Crippen LogP) is 5.74. The predicted molar refractivity (Wildman–Crippen MR) is 123 cm³/mol. The molecule has 0 radical (unpaired) electrons. The number of hydrogen-bond acceptors (Lipinski definition) is 5. The van der Waals surface area contributed by atoms with Crippen molar-refractivity contribution in [2.45, 2.75) is 6.42 Å². The average Bonchev–Trinajstić information content (AvgIpc) is 2.74. The number of ketones is 1. The number of benzene rings is 2. The van der Waals surface area contributed by atoms with Crippen LogP contribution in [-0.2, 0) is 11.2 Å².